The molecule has 2 atom stereocenters. The Morgan fingerprint density at radius 1 is 1.10 bits per heavy atom. The fraction of sp³-hybridized carbons (Fsp3) is 0.440. The van der Waals surface area contributed by atoms with Crippen LogP contribution in [0, 0.1) is 0 Å². The summed E-state index contributed by atoms with van der Waals surface area (Å²) in [5, 5.41) is 0. The van der Waals surface area contributed by atoms with Crippen molar-refractivity contribution in [1.82, 2.24) is 14.5 Å². The molecule has 1 aromatic heterocycles. The molecule has 1 aliphatic carbocycles. The van der Waals surface area contributed by atoms with Gasteiger partial charge in [0, 0.05) is 31.5 Å². The van der Waals surface area contributed by atoms with Gasteiger partial charge in [-0.05, 0) is 48.4 Å². The lowest BCUT2D eigenvalue weighted by molar-refractivity contribution is -0.128. The summed E-state index contributed by atoms with van der Waals surface area (Å²) >= 11 is 0. The number of likely N-dealkylation sites (tertiary alicyclic amines) is 1. The van der Waals surface area contributed by atoms with Crippen LogP contribution in [0.5, 0.6) is 0 Å². The van der Waals surface area contributed by atoms with E-state index in [4.69, 9.17) is 4.98 Å². The summed E-state index contributed by atoms with van der Waals surface area (Å²) in [7, 11) is 0. The van der Waals surface area contributed by atoms with Crippen LogP contribution in [-0.4, -0.2) is 32.9 Å². The summed E-state index contributed by atoms with van der Waals surface area (Å²) in [5.41, 5.74) is 4.86. The van der Waals surface area contributed by atoms with Gasteiger partial charge in [-0.2, -0.15) is 0 Å². The second kappa shape index (κ2) is 7.33. The molecule has 0 spiro atoms. The van der Waals surface area contributed by atoms with Gasteiger partial charge >= 0.3 is 0 Å². The molecular weight excluding hydrogens is 358 g/mol. The van der Waals surface area contributed by atoms with E-state index in [1.54, 1.807) is 0 Å². The van der Waals surface area contributed by atoms with E-state index < -0.39 is 0 Å². The van der Waals surface area contributed by atoms with Gasteiger partial charge in [-0.1, -0.05) is 50.2 Å². The molecule has 1 aliphatic heterocycles. The molecule has 5 rings (SSSR count). The van der Waals surface area contributed by atoms with Gasteiger partial charge in [-0.25, -0.2) is 4.98 Å². The topological polar surface area (TPSA) is 38.1 Å². The molecule has 4 nitrogen and oxygen atoms in total. The largest absolute Gasteiger partial charge is 0.339 e. The molecule has 1 saturated heterocycles. The molecule has 4 heteroatoms. The number of fused-ring (bicyclic) bond motifs is 1. The van der Waals surface area contributed by atoms with Crippen molar-refractivity contribution < 1.29 is 4.79 Å². The predicted molar refractivity (Wildman–Crippen MR) is 116 cm³/mol. The highest BCUT2D eigenvalue weighted by molar-refractivity contribution is 5.81. The molecule has 3 aromatic rings. The van der Waals surface area contributed by atoms with Gasteiger partial charge in [0.15, 0.2) is 0 Å². The van der Waals surface area contributed by atoms with E-state index in [1.807, 2.05) is 6.07 Å². The Kier molecular flexibility index (Phi) is 4.65. The lowest BCUT2D eigenvalue weighted by Crippen LogP contribution is -2.27. The number of amides is 1. The summed E-state index contributed by atoms with van der Waals surface area (Å²) in [4.78, 5) is 19.6. The number of hydrogen-bond donors (Lipinski definition) is 0. The van der Waals surface area contributed by atoms with Crippen molar-refractivity contribution in [3.63, 3.8) is 0 Å². The molecular formula is C25H29N3O. The first kappa shape index (κ1) is 18.4. The number of para-hydroxylation sites is 2. The van der Waals surface area contributed by atoms with Gasteiger partial charge in [0.05, 0.1) is 11.0 Å². The fourth-order valence-electron chi connectivity index (χ4n) is 4.59. The molecule has 2 aromatic carbocycles. The van der Waals surface area contributed by atoms with E-state index in [1.165, 1.54) is 11.1 Å². The van der Waals surface area contributed by atoms with Crippen LogP contribution in [0.15, 0.2) is 48.5 Å². The van der Waals surface area contributed by atoms with Crippen LogP contribution < -0.4 is 0 Å². The first-order chi connectivity index (χ1) is 14.1. The zero-order valence-electron chi connectivity index (χ0n) is 17.3. The van der Waals surface area contributed by atoms with Crippen molar-refractivity contribution in [2.24, 2.45) is 0 Å². The molecule has 2 fully saturated rings. The quantitative estimate of drug-likeness (QED) is 0.592. The second-order valence-corrected chi connectivity index (χ2v) is 8.77. The third-order valence-corrected chi connectivity index (χ3v) is 6.70. The van der Waals surface area contributed by atoms with Gasteiger partial charge in [0.2, 0.25) is 5.91 Å². The summed E-state index contributed by atoms with van der Waals surface area (Å²) in [6, 6.07) is 17.8. The van der Waals surface area contributed by atoms with E-state index >= 15 is 0 Å². The molecule has 150 valence electrons. The average Bonchev–Trinajstić information content (AvgIpc) is 3.43. The zero-order chi connectivity index (χ0) is 20.0. The molecule has 2 heterocycles. The van der Waals surface area contributed by atoms with Gasteiger partial charge in [0.25, 0.3) is 0 Å². The van der Waals surface area contributed by atoms with Crippen LogP contribution in [0.2, 0.25) is 0 Å². The smallest absolute Gasteiger partial charge is 0.223 e. The number of aromatic nitrogens is 2. The third-order valence-electron chi connectivity index (χ3n) is 6.70. The molecule has 2 unspecified atom stereocenters. The molecule has 0 radical (unpaired) electrons. The fourth-order valence-corrected chi connectivity index (χ4v) is 4.59. The summed E-state index contributed by atoms with van der Waals surface area (Å²) in [5.74, 6) is 2.14. The number of hydrogen-bond acceptors (Lipinski definition) is 2. The van der Waals surface area contributed by atoms with Crippen molar-refractivity contribution in [2.75, 3.05) is 6.54 Å². The minimum absolute atomic E-state index is 0.190. The number of rotatable bonds is 6. The summed E-state index contributed by atoms with van der Waals surface area (Å²) in [6.45, 7) is 6.13. The highest BCUT2D eigenvalue weighted by Crippen LogP contribution is 2.37. The lowest BCUT2D eigenvalue weighted by Gasteiger charge is -2.17. The minimum Gasteiger partial charge on any atom is -0.339 e. The minimum atomic E-state index is 0.190. The maximum atomic E-state index is 12.5. The maximum Gasteiger partial charge on any atom is 0.223 e. The highest BCUT2D eigenvalue weighted by Gasteiger charge is 2.41. The van der Waals surface area contributed by atoms with E-state index in [-0.39, 0.29) is 5.92 Å². The van der Waals surface area contributed by atoms with E-state index in [0.29, 0.717) is 24.3 Å². The Balaban J connectivity index is 1.48. The number of benzene rings is 2. The number of imidazole rings is 1. The molecule has 29 heavy (non-hydrogen) atoms. The van der Waals surface area contributed by atoms with Gasteiger partial charge in [0.1, 0.15) is 5.82 Å². The van der Waals surface area contributed by atoms with Crippen LogP contribution in [-0.2, 0) is 11.3 Å². The maximum absolute atomic E-state index is 12.5. The van der Waals surface area contributed by atoms with Crippen molar-refractivity contribution >= 4 is 16.9 Å². The normalized spacial score (nSPS) is 20.6. The van der Waals surface area contributed by atoms with E-state index in [2.05, 4.69) is 65.8 Å². The van der Waals surface area contributed by atoms with Crippen molar-refractivity contribution in [3.05, 3.63) is 65.5 Å². The van der Waals surface area contributed by atoms with Gasteiger partial charge in [-0.3, -0.25) is 4.79 Å². The van der Waals surface area contributed by atoms with Crippen molar-refractivity contribution in [2.45, 2.75) is 64.0 Å². The van der Waals surface area contributed by atoms with Crippen molar-refractivity contribution in [3.8, 4) is 0 Å². The standard InChI is InChI=1S/C25H29N3O/c1-3-17(2)19-10-8-18(9-11-19)15-28-23-7-5-4-6-22(23)26-25(28)20-14-24(29)27(16-20)21-12-13-21/h4-11,17,20-21H,3,12-16H2,1-2H3. The number of carbonyl (C=O) groups is 1. The van der Waals surface area contributed by atoms with Gasteiger partial charge in [-0.15, -0.1) is 0 Å². The lowest BCUT2D eigenvalue weighted by atomic mass is 9.97. The van der Waals surface area contributed by atoms with Crippen LogP contribution >= 0.6 is 0 Å². The Hall–Kier alpha value is -2.62. The summed E-state index contributed by atoms with van der Waals surface area (Å²) < 4.78 is 2.34. The Bertz CT molecular complexity index is 1030. The van der Waals surface area contributed by atoms with E-state index in [9.17, 15) is 4.79 Å². The number of carbonyl (C=O) groups excluding carboxylic acids is 1. The first-order valence-corrected chi connectivity index (χ1v) is 11.0. The summed E-state index contributed by atoms with van der Waals surface area (Å²) in [6.07, 6.45) is 4.07. The Labute approximate surface area is 172 Å². The highest BCUT2D eigenvalue weighted by atomic mass is 16.2. The molecule has 0 N–H and O–H groups in total. The Morgan fingerprint density at radius 3 is 2.59 bits per heavy atom. The number of nitrogens with zero attached hydrogens (tertiary/aromatic N) is 3. The average molecular weight is 388 g/mol. The van der Waals surface area contributed by atoms with Crippen LogP contribution in [0.4, 0.5) is 0 Å². The second-order valence-electron chi connectivity index (χ2n) is 8.77. The molecule has 0 bridgehead atoms. The molecule has 2 aliphatic rings. The third kappa shape index (κ3) is 3.45. The van der Waals surface area contributed by atoms with Crippen LogP contribution in [0.1, 0.15) is 68.3 Å². The van der Waals surface area contributed by atoms with Crippen LogP contribution in [0.3, 0.4) is 0 Å². The monoisotopic (exact) mass is 387 g/mol. The zero-order valence-corrected chi connectivity index (χ0v) is 17.3. The molecule has 1 amide bonds. The SMILES string of the molecule is CCC(C)c1ccc(Cn2c(C3CC(=O)N(C4CC4)C3)nc3ccccc32)cc1. The first-order valence-electron chi connectivity index (χ1n) is 11.0. The van der Waals surface area contributed by atoms with Crippen LogP contribution in [0.25, 0.3) is 11.0 Å². The van der Waals surface area contributed by atoms with E-state index in [0.717, 1.165) is 49.2 Å². The van der Waals surface area contributed by atoms with Crippen molar-refractivity contribution in [1.29, 1.82) is 0 Å². The molecule has 1 saturated carbocycles. The van der Waals surface area contributed by atoms with Gasteiger partial charge < -0.3 is 9.47 Å². The Morgan fingerprint density at radius 2 is 1.86 bits per heavy atom. The predicted octanol–water partition coefficient (Wildman–Crippen LogP) is 5.08.